The number of hydrogen-bond acceptors (Lipinski definition) is 4. The van der Waals surface area contributed by atoms with Crippen molar-refractivity contribution in [3.05, 3.63) is 84.8 Å². The van der Waals surface area contributed by atoms with Crippen LogP contribution >= 0.6 is 0 Å². The Hall–Kier alpha value is -4.00. The molecule has 2 amide bonds. The molecule has 0 unspecified atom stereocenters. The summed E-state index contributed by atoms with van der Waals surface area (Å²) in [6, 6.07) is 18.0. The first-order valence-electron chi connectivity index (χ1n) is 8.72. The molecule has 28 heavy (non-hydrogen) atoms. The molecule has 138 valence electrons. The lowest BCUT2D eigenvalue weighted by atomic mass is 10.1. The predicted molar refractivity (Wildman–Crippen MR) is 106 cm³/mol. The number of amides is 2. The average molecular weight is 371 g/mol. The number of imidazole rings is 1. The molecule has 0 radical (unpaired) electrons. The molecule has 2 aromatic carbocycles. The maximum atomic E-state index is 12.2. The van der Waals surface area contributed by atoms with Gasteiger partial charge in [0.15, 0.2) is 0 Å². The molecule has 0 spiro atoms. The van der Waals surface area contributed by atoms with Crippen LogP contribution in [0.15, 0.2) is 79.3 Å². The van der Waals surface area contributed by atoms with Gasteiger partial charge in [-0.1, -0.05) is 30.3 Å². The molecule has 2 N–H and O–H groups in total. The minimum absolute atomic E-state index is 0.115. The van der Waals surface area contributed by atoms with Crippen LogP contribution in [0.25, 0.3) is 17.0 Å². The van der Waals surface area contributed by atoms with Gasteiger partial charge < -0.3 is 10.6 Å². The van der Waals surface area contributed by atoms with Crippen molar-refractivity contribution in [2.45, 2.75) is 0 Å². The first-order valence-corrected chi connectivity index (χ1v) is 8.72. The summed E-state index contributed by atoms with van der Waals surface area (Å²) in [5, 5.41) is 5.40. The van der Waals surface area contributed by atoms with Crippen LogP contribution < -0.4 is 10.6 Å². The second kappa shape index (κ2) is 7.71. The highest BCUT2D eigenvalue weighted by molar-refractivity contribution is 5.99. The molecule has 4 aromatic rings. The highest BCUT2D eigenvalue weighted by atomic mass is 16.2. The molecule has 0 atom stereocenters. The quantitative estimate of drug-likeness (QED) is 0.565. The van der Waals surface area contributed by atoms with Crippen LogP contribution in [0.3, 0.4) is 0 Å². The van der Waals surface area contributed by atoms with Crippen molar-refractivity contribution in [1.82, 2.24) is 19.7 Å². The summed E-state index contributed by atoms with van der Waals surface area (Å²) in [7, 11) is 0. The van der Waals surface area contributed by atoms with Crippen LogP contribution in [0.1, 0.15) is 10.4 Å². The van der Waals surface area contributed by atoms with Gasteiger partial charge in [-0.3, -0.25) is 14.0 Å². The van der Waals surface area contributed by atoms with Gasteiger partial charge in [0.1, 0.15) is 0 Å². The summed E-state index contributed by atoms with van der Waals surface area (Å²) < 4.78 is 1.83. The first-order chi connectivity index (χ1) is 13.7. The number of hydrogen-bond donors (Lipinski definition) is 2. The van der Waals surface area contributed by atoms with E-state index < -0.39 is 0 Å². The zero-order valence-electron chi connectivity index (χ0n) is 14.9. The molecule has 0 saturated heterocycles. The van der Waals surface area contributed by atoms with E-state index in [0.717, 1.165) is 11.3 Å². The number of anilines is 1. The van der Waals surface area contributed by atoms with Gasteiger partial charge in [0.25, 0.3) is 5.91 Å². The Bertz CT molecular complexity index is 1100. The van der Waals surface area contributed by atoms with Crippen LogP contribution in [0.4, 0.5) is 5.69 Å². The third-order valence-electron chi connectivity index (χ3n) is 4.12. The van der Waals surface area contributed by atoms with Crippen molar-refractivity contribution >= 4 is 23.3 Å². The number of fused-ring (bicyclic) bond motifs is 1. The van der Waals surface area contributed by atoms with E-state index in [2.05, 4.69) is 20.6 Å². The van der Waals surface area contributed by atoms with Crippen LogP contribution in [0, 0.1) is 0 Å². The van der Waals surface area contributed by atoms with E-state index in [4.69, 9.17) is 0 Å². The summed E-state index contributed by atoms with van der Waals surface area (Å²) >= 11 is 0. The molecular weight excluding hydrogens is 354 g/mol. The van der Waals surface area contributed by atoms with Crippen molar-refractivity contribution in [2.24, 2.45) is 0 Å². The van der Waals surface area contributed by atoms with E-state index in [1.54, 1.807) is 36.5 Å². The standard InChI is InChI=1S/C21H17N5O2/c27-19(13-23-20(28)15-6-2-1-3-7-15)24-17-9-4-8-16(12-17)18-14-26-11-5-10-22-21(26)25-18/h1-12,14H,13H2,(H,23,28)(H,24,27). The van der Waals surface area contributed by atoms with Gasteiger partial charge in [0.05, 0.1) is 12.2 Å². The maximum Gasteiger partial charge on any atom is 0.251 e. The van der Waals surface area contributed by atoms with E-state index in [0.29, 0.717) is 17.0 Å². The van der Waals surface area contributed by atoms with Gasteiger partial charge >= 0.3 is 0 Å². The summed E-state index contributed by atoms with van der Waals surface area (Å²) in [4.78, 5) is 32.9. The number of carbonyl (C=O) groups excluding carboxylic acids is 2. The van der Waals surface area contributed by atoms with E-state index in [-0.39, 0.29) is 18.4 Å². The number of nitrogens with zero attached hydrogens (tertiary/aromatic N) is 3. The molecule has 0 saturated carbocycles. The van der Waals surface area contributed by atoms with E-state index in [1.165, 1.54) is 0 Å². The first kappa shape index (κ1) is 17.4. The highest BCUT2D eigenvalue weighted by Gasteiger charge is 2.09. The third kappa shape index (κ3) is 3.88. The van der Waals surface area contributed by atoms with E-state index in [1.807, 2.05) is 47.1 Å². The van der Waals surface area contributed by atoms with E-state index in [9.17, 15) is 9.59 Å². The average Bonchev–Trinajstić information content (AvgIpc) is 3.17. The molecule has 0 aliphatic carbocycles. The lowest BCUT2D eigenvalue weighted by Crippen LogP contribution is -2.32. The van der Waals surface area contributed by atoms with Crippen molar-refractivity contribution in [3.63, 3.8) is 0 Å². The minimum Gasteiger partial charge on any atom is -0.343 e. The Morgan fingerprint density at radius 3 is 2.68 bits per heavy atom. The smallest absolute Gasteiger partial charge is 0.251 e. The number of nitrogens with one attached hydrogen (secondary N) is 2. The van der Waals surface area contributed by atoms with Crippen LogP contribution in [0.5, 0.6) is 0 Å². The summed E-state index contributed by atoms with van der Waals surface area (Å²) in [5.74, 6) is 0.00960. The Morgan fingerprint density at radius 1 is 1.00 bits per heavy atom. The maximum absolute atomic E-state index is 12.2. The Morgan fingerprint density at radius 2 is 1.86 bits per heavy atom. The van der Waals surface area contributed by atoms with Gasteiger partial charge in [0, 0.05) is 35.4 Å². The number of carbonyl (C=O) groups is 2. The molecule has 7 heteroatoms. The second-order valence-corrected chi connectivity index (χ2v) is 6.13. The number of aromatic nitrogens is 3. The fourth-order valence-corrected chi connectivity index (χ4v) is 2.78. The summed E-state index contributed by atoms with van der Waals surface area (Å²) in [6.45, 7) is -0.115. The monoisotopic (exact) mass is 371 g/mol. The molecule has 0 aliphatic heterocycles. The Kier molecular flexibility index (Phi) is 4.79. The van der Waals surface area contributed by atoms with Crippen molar-refractivity contribution in [2.75, 3.05) is 11.9 Å². The van der Waals surface area contributed by atoms with Gasteiger partial charge in [0.2, 0.25) is 11.7 Å². The van der Waals surface area contributed by atoms with Crippen molar-refractivity contribution in [1.29, 1.82) is 0 Å². The summed E-state index contributed by atoms with van der Waals surface area (Å²) in [6.07, 6.45) is 5.44. The normalized spacial score (nSPS) is 10.6. The zero-order valence-corrected chi connectivity index (χ0v) is 14.9. The van der Waals surface area contributed by atoms with Gasteiger partial charge in [-0.25, -0.2) is 9.97 Å². The van der Waals surface area contributed by atoms with E-state index >= 15 is 0 Å². The minimum atomic E-state index is -0.307. The lowest BCUT2D eigenvalue weighted by molar-refractivity contribution is -0.115. The third-order valence-corrected chi connectivity index (χ3v) is 4.12. The molecule has 4 rings (SSSR count). The van der Waals surface area contributed by atoms with Gasteiger partial charge in [-0.15, -0.1) is 0 Å². The SMILES string of the molecule is O=C(CNC(=O)c1ccccc1)Nc1cccc(-c2cn3cccnc3n2)c1. The lowest BCUT2D eigenvalue weighted by Gasteiger charge is -2.08. The Balaban J connectivity index is 1.41. The molecule has 7 nitrogen and oxygen atoms in total. The zero-order chi connectivity index (χ0) is 19.3. The predicted octanol–water partition coefficient (Wildman–Crippen LogP) is 2.76. The second-order valence-electron chi connectivity index (χ2n) is 6.13. The molecule has 2 aromatic heterocycles. The largest absolute Gasteiger partial charge is 0.343 e. The molecule has 0 fully saturated rings. The summed E-state index contributed by atoms with van der Waals surface area (Å²) in [5.41, 5.74) is 2.75. The van der Waals surface area contributed by atoms with Crippen LogP contribution in [-0.4, -0.2) is 32.7 Å². The highest BCUT2D eigenvalue weighted by Crippen LogP contribution is 2.22. The topological polar surface area (TPSA) is 88.4 Å². The number of benzene rings is 2. The Labute approximate surface area is 161 Å². The van der Waals surface area contributed by atoms with Crippen molar-refractivity contribution < 1.29 is 9.59 Å². The fraction of sp³-hybridized carbons (Fsp3) is 0.0476. The molecule has 0 bridgehead atoms. The van der Waals surface area contributed by atoms with Gasteiger partial charge in [-0.05, 0) is 30.3 Å². The van der Waals surface area contributed by atoms with Gasteiger partial charge in [-0.2, -0.15) is 0 Å². The molecular formula is C21H17N5O2. The molecule has 2 heterocycles. The van der Waals surface area contributed by atoms with Crippen LogP contribution in [-0.2, 0) is 4.79 Å². The van der Waals surface area contributed by atoms with Crippen molar-refractivity contribution in [3.8, 4) is 11.3 Å². The van der Waals surface area contributed by atoms with Crippen LogP contribution in [0.2, 0.25) is 0 Å². The molecule has 0 aliphatic rings. The number of rotatable bonds is 5. The fourth-order valence-electron chi connectivity index (χ4n) is 2.78.